The quantitative estimate of drug-likeness (QED) is 0.0269. The Hall–Kier alpha value is -0.760. The van der Waals surface area contributed by atoms with E-state index in [-0.39, 0.29) is 32.3 Å². The number of allylic oxidation sites excluding steroid dienone is 2. The first kappa shape index (κ1) is 58.2. The molecule has 0 aliphatic heterocycles. The van der Waals surface area contributed by atoms with Gasteiger partial charge in [0, 0.05) is 19.6 Å². The molecular formula is C50H100NO7P. The number of phosphoric acid groups is 1. The van der Waals surface area contributed by atoms with Crippen LogP contribution in [-0.2, 0) is 27.9 Å². The summed E-state index contributed by atoms with van der Waals surface area (Å²) in [4.78, 5) is 22.6. The Morgan fingerprint density at radius 3 is 1.24 bits per heavy atom. The number of unbranched alkanes of at least 4 members (excludes halogenated alkanes) is 35. The lowest BCUT2D eigenvalue weighted by molar-refractivity contribution is -0.154. The van der Waals surface area contributed by atoms with Gasteiger partial charge < -0.3 is 20.1 Å². The SMILES string of the molecule is CCCCCCCC/C=C\CCCCCCCCCCOCC(COP(=O)(O)OCCN)OC(=O)CCCCCCCCCCCCCCCCCCCCCCCC. The van der Waals surface area contributed by atoms with E-state index < -0.39 is 13.9 Å². The molecule has 0 aromatic heterocycles. The normalized spacial score (nSPS) is 13.4. The molecule has 0 rings (SSSR count). The molecule has 0 heterocycles. The lowest BCUT2D eigenvalue weighted by Gasteiger charge is -2.20. The standard InChI is InChI=1S/C50H100NO7P/c1-3-5-7-9-11-13-15-17-19-21-23-24-25-26-27-29-31-33-35-37-39-41-43-50(52)58-49(48-57-59(53,54)56-46-44-51)47-55-45-42-40-38-36-34-32-30-28-22-20-18-16-14-12-10-8-6-4-2/h18,20,49H,3-17,19,21-48,51H2,1-2H3,(H,53,54)/b20-18-. The van der Waals surface area contributed by atoms with Gasteiger partial charge >= 0.3 is 13.8 Å². The second kappa shape index (κ2) is 48.3. The number of carbonyl (C=O) groups excluding carboxylic acids is 1. The molecule has 0 spiro atoms. The minimum absolute atomic E-state index is 0.0923. The van der Waals surface area contributed by atoms with E-state index in [1.165, 1.54) is 212 Å². The van der Waals surface area contributed by atoms with Gasteiger partial charge in [0.15, 0.2) is 0 Å². The first-order chi connectivity index (χ1) is 28.9. The van der Waals surface area contributed by atoms with Gasteiger partial charge in [0.05, 0.1) is 19.8 Å². The molecule has 0 bridgehead atoms. The molecule has 0 saturated heterocycles. The number of hydrogen-bond donors (Lipinski definition) is 2. The predicted octanol–water partition coefficient (Wildman–Crippen LogP) is 15.8. The van der Waals surface area contributed by atoms with Crippen LogP contribution in [0.25, 0.3) is 0 Å². The highest BCUT2D eigenvalue weighted by molar-refractivity contribution is 7.47. The first-order valence-electron chi connectivity index (χ1n) is 25.7. The fraction of sp³-hybridized carbons (Fsp3) is 0.940. The zero-order valence-electron chi connectivity index (χ0n) is 39.3. The van der Waals surface area contributed by atoms with Gasteiger partial charge in [-0.15, -0.1) is 0 Å². The molecule has 352 valence electrons. The van der Waals surface area contributed by atoms with Gasteiger partial charge in [-0.2, -0.15) is 0 Å². The van der Waals surface area contributed by atoms with Crippen LogP contribution >= 0.6 is 7.82 Å². The Balaban J connectivity index is 3.89. The highest BCUT2D eigenvalue weighted by atomic mass is 31.2. The van der Waals surface area contributed by atoms with Crippen molar-refractivity contribution in [1.82, 2.24) is 0 Å². The van der Waals surface area contributed by atoms with Gasteiger partial charge in [-0.05, 0) is 38.5 Å². The number of esters is 1. The fourth-order valence-corrected chi connectivity index (χ4v) is 8.41. The molecule has 59 heavy (non-hydrogen) atoms. The Morgan fingerprint density at radius 1 is 0.492 bits per heavy atom. The number of ether oxygens (including phenoxy) is 2. The van der Waals surface area contributed by atoms with Crippen molar-refractivity contribution in [2.75, 3.05) is 33.0 Å². The van der Waals surface area contributed by atoms with E-state index in [1.54, 1.807) is 0 Å². The van der Waals surface area contributed by atoms with Crippen LogP contribution in [0.4, 0.5) is 0 Å². The van der Waals surface area contributed by atoms with Crippen molar-refractivity contribution in [2.24, 2.45) is 5.73 Å². The van der Waals surface area contributed by atoms with Gasteiger partial charge in [-0.1, -0.05) is 231 Å². The van der Waals surface area contributed by atoms with Crippen molar-refractivity contribution in [1.29, 1.82) is 0 Å². The third kappa shape index (κ3) is 48.1. The molecule has 2 atom stereocenters. The molecule has 0 amide bonds. The largest absolute Gasteiger partial charge is 0.472 e. The minimum Gasteiger partial charge on any atom is -0.457 e. The summed E-state index contributed by atoms with van der Waals surface area (Å²) in [5, 5.41) is 0. The first-order valence-corrected chi connectivity index (χ1v) is 27.2. The van der Waals surface area contributed by atoms with Crippen LogP contribution in [0.15, 0.2) is 12.2 Å². The van der Waals surface area contributed by atoms with Crippen LogP contribution < -0.4 is 5.73 Å². The van der Waals surface area contributed by atoms with E-state index in [9.17, 15) is 14.3 Å². The number of rotatable bonds is 50. The maximum absolute atomic E-state index is 12.7. The predicted molar refractivity (Wildman–Crippen MR) is 252 cm³/mol. The van der Waals surface area contributed by atoms with E-state index in [2.05, 4.69) is 26.0 Å². The van der Waals surface area contributed by atoms with Gasteiger partial charge in [-0.3, -0.25) is 13.8 Å². The second-order valence-electron chi connectivity index (χ2n) is 17.4. The number of hydrogen-bond acceptors (Lipinski definition) is 7. The summed E-state index contributed by atoms with van der Waals surface area (Å²) in [5.74, 6) is -0.324. The Labute approximate surface area is 366 Å². The van der Waals surface area contributed by atoms with Crippen molar-refractivity contribution in [3.8, 4) is 0 Å². The second-order valence-corrected chi connectivity index (χ2v) is 18.8. The van der Waals surface area contributed by atoms with Gasteiger partial charge in [0.2, 0.25) is 0 Å². The molecule has 0 aromatic carbocycles. The van der Waals surface area contributed by atoms with Crippen LogP contribution in [0.1, 0.15) is 264 Å². The highest BCUT2D eigenvalue weighted by Gasteiger charge is 2.25. The molecule has 0 aliphatic carbocycles. The summed E-state index contributed by atoms with van der Waals surface area (Å²) in [6, 6.07) is 0. The summed E-state index contributed by atoms with van der Waals surface area (Å²) >= 11 is 0. The van der Waals surface area contributed by atoms with E-state index in [4.69, 9.17) is 24.3 Å². The molecule has 9 heteroatoms. The summed E-state index contributed by atoms with van der Waals surface area (Å²) < 4.78 is 33.6. The maximum atomic E-state index is 12.7. The van der Waals surface area contributed by atoms with Crippen molar-refractivity contribution in [2.45, 2.75) is 270 Å². The molecule has 0 aliphatic rings. The molecule has 0 radical (unpaired) electrons. The van der Waals surface area contributed by atoms with Crippen molar-refractivity contribution < 1.29 is 32.8 Å². The van der Waals surface area contributed by atoms with Crippen LogP contribution in [-0.4, -0.2) is 49.9 Å². The molecular weight excluding hydrogens is 758 g/mol. The summed E-state index contributed by atoms with van der Waals surface area (Å²) in [6.45, 7) is 4.98. The third-order valence-corrected chi connectivity index (χ3v) is 12.4. The molecule has 3 N–H and O–H groups in total. The summed E-state index contributed by atoms with van der Waals surface area (Å²) in [5.41, 5.74) is 5.39. The van der Waals surface area contributed by atoms with Crippen LogP contribution in [0.3, 0.4) is 0 Å². The third-order valence-electron chi connectivity index (χ3n) is 11.4. The minimum atomic E-state index is -4.28. The summed E-state index contributed by atoms with van der Waals surface area (Å²) in [6.07, 6.45) is 53.9. The van der Waals surface area contributed by atoms with Crippen LogP contribution in [0.2, 0.25) is 0 Å². The number of phosphoric ester groups is 1. The topological polar surface area (TPSA) is 117 Å². The molecule has 0 aromatic rings. The van der Waals surface area contributed by atoms with Gasteiger partial charge in [0.25, 0.3) is 0 Å². The zero-order chi connectivity index (χ0) is 43.0. The maximum Gasteiger partial charge on any atom is 0.472 e. The van der Waals surface area contributed by atoms with E-state index in [0.29, 0.717) is 13.0 Å². The Bertz CT molecular complexity index is 920. The van der Waals surface area contributed by atoms with E-state index in [1.807, 2.05) is 0 Å². The number of carbonyl (C=O) groups is 1. The zero-order valence-corrected chi connectivity index (χ0v) is 40.2. The highest BCUT2D eigenvalue weighted by Crippen LogP contribution is 2.43. The summed E-state index contributed by atoms with van der Waals surface area (Å²) in [7, 11) is -4.28. The fourth-order valence-electron chi connectivity index (χ4n) is 7.64. The monoisotopic (exact) mass is 858 g/mol. The van der Waals surface area contributed by atoms with E-state index >= 15 is 0 Å². The van der Waals surface area contributed by atoms with Crippen molar-refractivity contribution in [3.63, 3.8) is 0 Å². The van der Waals surface area contributed by atoms with Crippen LogP contribution in [0.5, 0.6) is 0 Å². The van der Waals surface area contributed by atoms with Gasteiger partial charge in [-0.25, -0.2) is 4.57 Å². The van der Waals surface area contributed by atoms with Crippen LogP contribution in [0, 0.1) is 0 Å². The molecule has 2 unspecified atom stereocenters. The molecule has 0 saturated carbocycles. The Kier molecular flexibility index (Phi) is 47.7. The Morgan fingerprint density at radius 2 is 0.847 bits per heavy atom. The van der Waals surface area contributed by atoms with E-state index in [0.717, 1.165) is 32.1 Å². The van der Waals surface area contributed by atoms with Gasteiger partial charge in [0.1, 0.15) is 6.10 Å². The molecule has 8 nitrogen and oxygen atoms in total. The number of nitrogens with two attached hydrogens (primary N) is 1. The lowest BCUT2D eigenvalue weighted by atomic mass is 10.0. The lowest BCUT2D eigenvalue weighted by Crippen LogP contribution is -2.28. The van der Waals surface area contributed by atoms with Crippen molar-refractivity contribution in [3.05, 3.63) is 12.2 Å². The smallest absolute Gasteiger partial charge is 0.457 e. The molecule has 0 fully saturated rings. The van der Waals surface area contributed by atoms with Crippen molar-refractivity contribution >= 4 is 13.8 Å². The average Bonchev–Trinajstić information content (AvgIpc) is 3.23. The average molecular weight is 858 g/mol.